The van der Waals surface area contributed by atoms with E-state index in [-0.39, 0.29) is 12.4 Å². The van der Waals surface area contributed by atoms with Gasteiger partial charge >= 0.3 is 11.9 Å². The number of rotatable bonds is 10. The smallest absolute Gasteiger partial charge is 0.347 e. The molecule has 1 unspecified atom stereocenters. The number of benzene rings is 1. The summed E-state index contributed by atoms with van der Waals surface area (Å²) in [6.45, 7) is 3.45. The molecule has 1 rings (SSSR count). The molecule has 1 aromatic carbocycles. The molecule has 1 N–H and O–H groups in total. The fourth-order valence-corrected chi connectivity index (χ4v) is 1.97. The SMILES string of the molecule is CCOC(=O)CCCNC(=O)COC(=O)C(C)Oc1cccc(Cl)c1. The highest BCUT2D eigenvalue weighted by molar-refractivity contribution is 6.30. The van der Waals surface area contributed by atoms with E-state index >= 15 is 0 Å². The molecule has 1 aromatic rings. The summed E-state index contributed by atoms with van der Waals surface area (Å²) in [5.74, 6) is -0.996. The van der Waals surface area contributed by atoms with Crippen LogP contribution in [0, 0.1) is 0 Å². The van der Waals surface area contributed by atoms with Gasteiger partial charge in [0.05, 0.1) is 6.61 Å². The molecule has 0 aromatic heterocycles. The molecule has 0 heterocycles. The lowest BCUT2D eigenvalue weighted by Gasteiger charge is -2.14. The number of nitrogens with one attached hydrogen (secondary N) is 1. The van der Waals surface area contributed by atoms with Crippen LogP contribution < -0.4 is 10.1 Å². The van der Waals surface area contributed by atoms with Crippen molar-refractivity contribution in [1.82, 2.24) is 5.32 Å². The van der Waals surface area contributed by atoms with Crippen LogP contribution in [0.1, 0.15) is 26.7 Å². The van der Waals surface area contributed by atoms with Crippen molar-refractivity contribution in [3.05, 3.63) is 29.3 Å². The van der Waals surface area contributed by atoms with E-state index in [0.29, 0.717) is 30.3 Å². The van der Waals surface area contributed by atoms with Crippen molar-refractivity contribution in [1.29, 1.82) is 0 Å². The van der Waals surface area contributed by atoms with Crippen molar-refractivity contribution in [2.75, 3.05) is 19.8 Å². The molecule has 0 radical (unpaired) electrons. The summed E-state index contributed by atoms with van der Waals surface area (Å²) in [6.07, 6.45) is -0.208. The third-order valence-corrected chi connectivity index (χ3v) is 3.21. The van der Waals surface area contributed by atoms with Crippen molar-refractivity contribution in [3.63, 3.8) is 0 Å². The Bertz CT molecular complexity index is 592. The number of amides is 1. The highest BCUT2D eigenvalue weighted by Gasteiger charge is 2.17. The fraction of sp³-hybridized carbons (Fsp3) is 0.471. The summed E-state index contributed by atoms with van der Waals surface area (Å²) in [5.41, 5.74) is 0. The van der Waals surface area contributed by atoms with Gasteiger partial charge in [-0.2, -0.15) is 0 Å². The molecule has 1 atom stereocenters. The maximum Gasteiger partial charge on any atom is 0.347 e. The standard InChI is InChI=1S/C17H22ClNO6/c1-3-23-16(21)8-5-9-19-15(20)11-24-17(22)12(2)25-14-7-4-6-13(18)10-14/h4,6-7,10,12H,3,5,8-9,11H2,1-2H3,(H,19,20). The monoisotopic (exact) mass is 371 g/mol. The average molecular weight is 372 g/mol. The number of ether oxygens (including phenoxy) is 3. The average Bonchev–Trinajstić information content (AvgIpc) is 2.56. The first kappa shape index (κ1) is 20.8. The predicted octanol–water partition coefficient (Wildman–Crippen LogP) is 2.11. The molecule has 0 aliphatic carbocycles. The lowest BCUT2D eigenvalue weighted by atomic mass is 10.3. The van der Waals surface area contributed by atoms with Crippen molar-refractivity contribution >= 4 is 29.4 Å². The lowest BCUT2D eigenvalue weighted by Crippen LogP contribution is -2.33. The number of carbonyl (C=O) groups excluding carboxylic acids is 3. The fourth-order valence-electron chi connectivity index (χ4n) is 1.79. The summed E-state index contributed by atoms with van der Waals surface area (Å²) in [6, 6.07) is 6.61. The predicted molar refractivity (Wildman–Crippen MR) is 91.4 cm³/mol. The normalized spacial score (nSPS) is 11.3. The van der Waals surface area contributed by atoms with Gasteiger partial charge in [0.1, 0.15) is 5.75 Å². The molecule has 0 spiro atoms. The first-order chi connectivity index (χ1) is 11.9. The zero-order valence-corrected chi connectivity index (χ0v) is 15.0. The van der Waals surface area contributed by atoms with Gasteiger partial charge in [-0.05, 0) is 38.5 Å². The van der Waals surface area contributed by atoms with Gasteiger partial charge in [-0.15, -0.1) is 0 Å². The summed E-state index contributed by atoms with van der Waals surface area (Å²) < 4.78 is 15.0. The van der Waals surface area contributed by atoms with Crippen molar-refractivity contribution in [3.8, 4) is 5.75 Å². The van der Waals surface area contributed by atoms with Crippen LogP contribution in [0.3, 0.4) is 0 Å². The molecule has 138 valence electrons. The Morgan fingerprint density at radius 3 is 2.68 bits per heavy atom. The molecule has 7 nitrogen and oxygen atoms in total. The van der Waals surface area contributed by atoms with Crippen LogP contribution in [0.25, 0.3) is 0 Å². The zero-order valence-electron chi connectivity index (χ0n) is 14.2. The van der Waals surface area contributed by atoms with Gasteiger partial charge in [0.2, 0.25) is 0 Å². The van der Waals surface area contributed by atoms with E-state index in [1.807, 2.05) is 0 Å². The van der Waals surface area contributed by atoms with E-state index in [1.54, 1.807) is 31.2 Å². The van der Waals surface area contributed by atoms with Gasteiger partial charge in [-0.3, -0.25) is 9.59 Å². The van der Waals surface area contributed by atoms with E-state index in [2.05, 4.69) is 5.32 Å². The third-order valence-electron chi connectivity index (χ3n) is 2.97. The first-order valence-electron chi connectivity index (χ1n) is 7.93. The summed E-state index contributed by atoms with van der Waals surface area (Å²) >= 11 is 5.83. The molecule has 25 heavy (non-hydrogen) atoms. The highest BCUT2D eigenvalue weighted by Crippen LogP contribution is 2.18. The molecule has 8 heteroatoms. The Balaban J connectivity index is 2.21. The molecule has 1 amide bonds. The van der Waals surface area contributed by atoms with E-state index in [0.717, 1.165) is 0 Å². The number of esters is 2. The van der Waals surface area contributed by atoms with Gasteiger partial charge in [-0.1, -0.05) is 17.7 Å². The van der Waals surface area contributed by atoms with Crippen LogP contribution in [0.2, 0.25) is 5.02 Å². The molecule has 0 aliphatic rings. The Morgan fingerprint density at radius 2 is 2.00 bits per heavy atom. The summed E-state index contributed by atoms with van der Waals surface area (Å²) in [4.78, 5) is 34.5. The van der Waals surface area contributed by atoms with Crippen LogP contribution in [-0.4, -0.2) is 43.7 Å². The quantitative estimate of drug-likeness (QED) is 0.500. The topological polar surface area (TPSA) is 90.9 Å². The largest absolute Gasteiger partial charge is 0.479 e. The summed E-state index contributed by atoms with van der Waals surface area (Å²) in [5, 5.41) is 3.04. The van der Waals surface area contributed by atoms with E-state index in [9.17, 15) is 14.4 Å². The second-order valence-corrected chi connectivity index (χ2v) is 5.52. The number of carbonyl (C=O) groups is 3. The van der Waals surface area contributed by atoms with Crippen LogP contribution in [-0.2, 0) is 23.9 Å². The van der Waals surface area contributed by atoms with Crippen molar-refractivity contribution in [2.45, 2.75) is 32.8 Å². The van der Waals surface area contributed by atoms with E-state index < -0.39 is 24.6 Å². The maximum atomic E-state index is 11.8. The van der Waals surface area contributed by atoms with Crippen LogP contribution in [0.15, 0.2) is 24.3 Å². The zero-order chi connectivity index (χ0) is 18.7. The van der Waals surface area contributed by atoms with Gasteiger partial charge in [0, 0.05) is 18.0 Å². The highest BCUT2D eigenvalue weighted by atomic mass is 35.5. The molecular formula is C17H22ClNO6. The lowest BCUT2D eigenvalue weighted by molar-refractivity contribution is -0.154. The summed E-state index contributed by atoms with van der Waals surface area (Å²) in [7, 11) is 0. The Kier molecular flexibility index (Phi) is 9.39. The molecule has 0 fully saturated rings. The first-order valence-corrected chi connectivity index (χ1v) is 8.31. The Hall–Kier alpha value is -2.28. The molecule has 0 bridgehead atoms. The van der Waals surface area contributed by atoms with E-state index in [1.165, 1.54) is 6.92 Å². The number of halogens is 1. The molecule has 0 saturated carbocycles. The van der Waals surface area contributed by atoms with Crippen LogP contribution in [0.5, 0.6) is 5.75 Å². The second kappa shape index (κ2) is 11.3. The third kappa shape index (κ3) is 8.95. The maximum absolute atomic E-state index is 11.8. The Morgan fingerprint density at radius 1 is 1.24 bits per heavy atom. The number of hydrogen-bond donors (Lipinski definition) is 1. The van der Waals surface area contributed by atoms with Crippen molar-refractivity contribution in [2.24, 2.45) is 0 Å². The van der Waals surface area contributed by atoms with Crippen LogP contribution in [0.4, 0.5) is 0 Å². The van der Waals surface area contributed by atoms with E-state index in [4.69, 9.17) is 25.8 Å². The molecule has 0 saturated heterocycles. The minimum atomic E-state index is -0.880. The minimum absolute atomic E-state index is 0.221. The minimum Gasteiger partial charge on any atom is -0.479 e. The molecule has 0 aliphatic heterocycles. The second-order valence-electron chi connectivity index (χ2n) is 5.08. The number of hydrogen-bond acceptors (Lipinski definition) is 6. The van der Waals surface area contributed by atoms with Gasteiger partial charge in [-0.25, -0.2) is 4.79 Å². The molecular weight excluding hydrogens is 350 g/mol. The van der Waals surface area contributed by atoms with Gasteiger partial charge in [0.25, 0.3) is 5.91 Å². The van der Waals surface area contributed by atoms with Crippen molar-refractivity contribution < 1.29 is 28.6 Å². The Labute approximate surface area is 151 Å². The van der Waals surface area contributed by atoms with Gasteiger partial charge < -0.3 is 19.5 Å². The van der Waals surface area contributed by atoms with Crippen LogP contribution >= 0.6 is 11.6 Å². The van der Waals surface area contributed by atoms with Gasteiger partial charge in [0.15, 0.2) is 12.7 Å².